The highest BCUT2D eigenvalue weighted by molar-refractivity contribution is 9.09. The van der Waals surface area contributed by atoms with Crippen LogP contribution in [0.3, 0.4) is 0 Å². The monoisotopic (exact) mass is 352 g/mol. The summed E-state index contributed by atoms with van der Waals surface area (Å²) in [5, 5.41) is 0. The van der Waals surface area contributed by atoms with Crippen molar-refractivity contribution in [2.45, 2.75) is 32.0 Å². The first-order chi connectivity index (χ1) is 10.2. The molecule has 1 unspecified atom stereocenters. The maximum atomic E-state index is 5.69. The van der Waals surface area contributed by atoms with Crippen molar-refractivity contribution in [2.24, 2.45) is 0 Å². The van der Waals surface area contributed by atoms with E-state index in [9.17, 15) is 0 Å². The SMILES string of the molecule is CCOc1ccc(C(Br)c2ccoc2CC)cc1OCC. The highest BCUT2D eigenvalue weighted by Gasteiger charge is 2.18. The van der Waals surface area contributed by atoms with Gasteiger partial charge in [0, 0.05) is 12.0 Å². The Morgan fingerprint density at radius 2 is 1.76 bits per heavy atom. The summed E-state index contributed by atoms with van der Waals surface area (Å²) in [6.07, 6.45) is 2.61. The van der Waals surface area contributed by atoms with Crippen LogP contribution in [0.2, 0.25) is 0 Å². The van der Waals surface area contributed by atoms with E-state index in [-0.39, 0.29) is 4.83 Å². The van der Waals surface area contributed by atoms with Gasteiger partial charge in [-0.3, -0.25) is 0 Å². The largest absolute Gasteiger partial charge is 0.490 e. The minimum Gasteiger partial charge on any atom is -0.490 e. The zero-order valence-electron chi connectivity index (χ0n) is 12.7. The van der Waals surface area contributed by atoms with E-state index in [0.29, 0.717) is 13.2 Å². The molecule has 1 aromatic carbocycles. The number of benzene rings is 1. The van der Waals surface area contributed by atoms with Gasteiger partial charge in [-0.1, -0.05) is 28.9 Å². The lowest BCUT2D eigenvalue weighted by Crippen LogP contribution is -2.01. The molecule has 0 amide bonds. The molecular formula is C17H21BrO3. The van der Waals surface area contributed by atoms with Crippen molar-refractivity contribution in [3.05, 3.63) is 47.4 Å². The smallest absolute Gasteiger partial charge is 0.161 e. The van der Waals surface area contributed by atoms with Crippen LogP contribution in [0.25, 0.3) is 0 Å². The maximum Gasteiger partial charge on any atom is 0.161 e. The molecule has 21 heavy (non-hydrogen) atoms. The van der Waals surface area contributed by atoms with Crippen molar-refractivity contribution in [2.75, 3.05) is 13.2 Å². The minimum atomic E-state index is 0.0843. The molecule has 1 atom stereocenters. The summed E-state index contributed by atoms with van der Waals surface area (Å²) < 4.78 is 16.8. The third kappa shape index (κ3) is 3.62. The van der Waals surface area contributed by atoms with E-state index in [1.807, 2.05) is 32.0 Å². The molecule has 0 fully saturated rings. The average Bonchev–Trinajstić information content (AvgIpc) is 2.97. The first-order valence-electron chi connectivity index (χ1n) is 7.31. The second-order valence-corrected chi connectivity index (χ2v) is 5.50. The Balaban J connectivity index is 2.33. The Hall–Kier alpha value is -1.42. The molecule has 0 saturated carbocycles. The van der Waals surface area contributed by atoms with Crippen molar-refractivity contribution in [1.82, 2.24) is 0 Å². The van der Waals surface area contributed by atoms with E-state index < -0.39 is 0 Å². The first kappa shape index (κ1) is 16.0. The van der Waals surface area contributed by atoms with Gasteiger partial charge in [-0.15, -0.1) is 0 Å². The standard InChI is InChI=1S/C17H21BrO3/c1-4-14-13(9-10-21-14)17(18)12-7-8-15(19-5-2)16(11-12)20-6-3/h7-11,17H,4-6H2,1-3H3. The molecule has 0 saturated heterocycles. The van der Waals surface area contributed by atoms with Gasteiger partial charge in [-0.05, 0) is 37.6 Å². The summed E-state index contributed by atoms with van der Waals surface area (Å²) >= 11 is 3.76. The topological polar surface area (TPSA) is 31.6 Å². The maximum absolute atomic E-state index is 5.69. The number of hydrogen-bond acceptors (Lipinski definition) is 3. The van der Waals surface area contributed by atoms with Crippen LogP contribution in [-0.4, -0.2) is 13.2 Å². The third-order valence-electron chi connectivity index (χ3n) is 3.23. The van der Waals surface area contributed by atoms with Crippen LogP contribution in [-0.2, 0) is 6.42 Å². The summed E-state index contributed by atoms with van der Waals surface area (Å²) in [6, 6.07) is 8.05. The van der Waals surface area contributed by atoms with Gasteiger partial charge < -0.3 is 13.9 Å². The molecule has 1 aromatic heterocycles. The number of ether oxygens (including phenoxy) is 2. The van der Waals surface area contributed by atoms with Crippen LogP contribution in [0.15, 0.2) is 34.9 Å². The Morgan fingerprint density at radius 3 is 2.43 bits per heavy atom. The van der Waals surface area contributed by atoms with Gasteiger partial charge in [0.1, 0.15) is 5.76 Å². The van der Waals surface area contributed by atoms with Crippen LogP contribution < -0.4 is 9.47 Å². The molecule has 4 heteroatoms. The van der Waals surface area contributed by atoms with Gasteiger partial charge >= 0.3 is 0 Å². The van der Waals surface area contributed by atoms with Crippen LogP contribution in [0.4, 0.5) is 0 Å². The van der Waals surface area contributed by atoms with E-state index in [1.54, 1.807) is 6.26 Å². The quantitative estimate of drug-likeness (QED) is 0.647. The highest BCUT2D eigenvalue weighted by atomic mass is 79.9. The van der Waals surface area contributed by atoms with Gasteiger partial charge in [-0.2, -0.15) is 0 Å². The molecule has 0 radical (unpaired) electrons. The van der Waals surface area contributed by atoms with Gasteiger partial charge in [0.05, 0.1) is 24.3 Å². The average molecular weight is 353 g/mol. The van der Waals surface area contributed by atoms with Gasteiger partial charge in [-0.25, -0.2) is 0 Å². The normalized spacial score (nSPS) is 12.2. The van der Waals surface area contributed by atoms with E-state index >= 15 is 0 Å². The minimum absolute atomic E-state index is 0.0843. The molecule has 0 spiro atoms. The molecule has 0 bridgehead atoms. The first-order valence-corrected chi connectivity index (χ1v) is 8.22. The molecular weight excluding hydrogens is 332 g/mol. The van der Waals surface area contributed by atoms with Crippen LogP contribution in [0, 0.1) is 0 Å². The predicted molar refractivity (Wildman–Crippen MR) is 87.6 cm³/mol. The van der Waals surface area contributed by atoms with Crippen molar-refractivity contribution in [3.8, 4) is 11.5 Å². The lowest BCUT2D eigenvalue weighted by molar-refractivity contribution is 0.287. The fraction of sp³-hybridized carbons (Fsp3) is 0.412. The zero-order valence-corrected chi connectivity index (χ0v) is 14.3. The summed E-state index contributed by atoms with van der Waals surface area (Å²) in [7, 11) is 0. The number of furan rings is 1. The number of aryl methyl sites for hydroxylation is 1. The summed E-state index contributed by atoms with van der Waals surface area (Å²) in [5.41, 5.74) is 2.28. The molecule has 3 nitrogen and oxygen atoms in total. The molecule has 0 aliphatic carbocycles. The Kier molecular flexibility index (Phi) is 5.74. The number of hydrogen-bond donors (Lipinski definition) is 0. The second-order valence-electron chi connectivity index (χ2n) is 4.59. The third-order valence-corrected chi connectivity index (χ3v) is 4.26. The number of halogens is 1. The Labute approximate surface area is 134 Å². The highest BCUT2D eigenvalue weighted by Crippen LogP contribution is 2.38. The fourth-order valence-corrected chi connectivity index (χ4v) is 2.96. The van der Waals surface area contributed by atoms with E-state index in [2.05, 4.69) is 28.9 Å². The summed E-state index contributed by atoms with van der Waals surface area (Å²) in [4.78, 5) is 0.0843. The lowest BCUT2D eigenvalue weighted by Gasteiger charge is -2.15. The van der Waals surface area contributed by atoms with E-state index in [0.717, 1.165) is 34.8 Å². The van der Waals surface area contributed by atoms with Crippen molar-refractivity contribution in [1.29, 1.82) is 0 Å². The van der Waals surface area contributed by atoms with E-state index in [4.69, 9.17) is 13.9 Å². The van der Waals surface area contributed by atoms with Gasteiger partial charge in [0.15, 0.2) is 11.5 Å². The number of rotatable bonds is 7. The molecule has 2 aromatic rings. The van der Waals surface area contributed by atoms with Gasteiger partial charge in [0.25, 0.3) is 0 Å². The fourth-order valence-electron chi connectivity index (χ4n) is 2.27. The van der Waals surface area contributed by atoms with Crippen LogP contribution >= 0.6 is 15.9 Å². The molecule has 2 rings (SSSR count). The second kappa shape index (κ2) is 7.55. The van der Waals surface area contributed by atoms with Crippen LogP contribution in [0.1, 0.15) is 42.5 Å². The van der Waals surface area contributed by atoms with Crippen molar-refractivity contribution in [3.63, 3.8) is 0 Å². The molecule has 0 aliphatic rings. The molecule has 1 heterocycles. The summed E-state index contributed by atoms with van der Waals surface area (Å²) in [5.74, 6) is 2.57. The van der Waals surface area contributed by atoms with Crippen molar-refractivity contribution >= 4 is 15.9 Å². The molecule has 0 N–H and O–H groups in total. The number of alkyl halides is 1. The molecule has 114 valence electrons. The summed E-state index contributed by atoms with van der Waals surface area (Å²) in [6.45, 7) is 7.27. The van der Waals surface area contributed by atoms with E-state index in [1.165, 1.54) is 0 Å². The molecule has 0 aliphatic heterocycles. The lowest BCUT2D eigenvalue weighted by atomic mass is 10.0. The predicted octanol–water partition coefficient (Wildman–Crippen LogP) is 5.12. The Morgan fingerprint density at radius 1 is 1.05 bits per heavy atom. The zero-order chi connectivity index (χ0) is 15.2. The van der Waals surface area contributed by atoms with Crippen LogP contribution in [0.5, 0.6) is 11.5 Å². The van der Waals surface area contributed by atoms with Crippen molar-refractivity contribution < 1.29 is 13.9 Å². The van der Waals surface area contributed by atoms with Gasteiger partial charge in [0.2, 0.25) is 0 Å². The Bertz CT molecular complexity index is 577.